The van der Waals surface area contributed by atoms with Crippen LogP contribution in [-0.2, 0) is 4.79 Å². The maximum atomic E-state index is 12.1. The molecular weight excluding hydrogens is 292 g/mol. The quantitative estimate of drug-likeness (QED) is 0.881. The zero-order chi connectivity index (χ0) is 13.1. The first-order valence-corrected chi connectivity index (χ1v) is 7.18. The number of anilines is 1. The Hall–Kier alpha value is -0.870. The SMILES string of the molecule is Cc1cc(NC(=O)C2CCCC(N)C2)ccc1Br. The van der Waals surface area contributed by atoms with Crippen molar-refractivity contribution < 1.29 is 4.79 Å². The van der Waals surface area contributed by atoms with Gasteiger partial charge < -0.3 is 11.1 Å². The van der Waals surface area contributed by atoms with E-state index >= 15 is 0 Å². The summed E-state index contributed by atoms with van der Waals surface area (Å²) in [6, 6.07) is 6.03. The highest BCUT2D eigenvalue weighted by Crippen LogP contribution is 2.25. The van der Waals surface area contributed by atoms with E-state index in [1.165, 1.54) is 0 Å². The molecule has 2 atom stereocenters. The van der Waals surface area contributed by atoms with Gasteiger partial charge in [-0.1, -0.05) is 22.4 Å². The molecule has 1 aromatic rings. The molecule has 3 nitrogen and oxygen atoms in total. The molecule has 1 aliphatic carbocycles. The van der Waals surface area contributed by atoms with Gasteiger partial charge in [0, 0.05) is 22.1 Å². The molecule has 3 N–H and O–H groups in total. The molecule has 0 heterocycles. The summed E-state index contributed by atoms with van der Waals surface area (Å²) >= 11 is 3.45. The van der Waals surface area contributed by atoms with Crippen LogP contribution in [0.5, 0.6) is 0 Å². The average molecular weight is 311 g/mol. The predicted octanol–water partition coefficient (Wildman–Crippen LogP) is 3.21. The third kappa shape index (κ3) is 3.33. The lowest BCUT2D eigenvalue weighted by atomic mass is 9.85. The maximum absolute atomic E-state index is 12.1. The monoisotopic (exact) mass is 310 g/mol. The van der Waals surface area contributed by atoms with Crippen LogP contribution in [0.25, 0.3) is 0 Å². The summed E-state index contributed by atoms with van der Waals surface area (Å²) in [4.78, 5) is 12.1. The molecule has 1 aromatic carbocycles. The van der Waals surface area contributed by atoms with Gasteiger partial charge in [0.15, 0.2) is 0 Å². The fourth-order valence-electron chi connectivity index (χ4n) is 2.43. The summed E-state index contributed by atoms with van der Waals surface area (Å²) in [6.45, 7) is 2.01. The van der Waals surface area contributed by atoms with Crippen molar-refractivity contribution in [3.8, 4) is 0 Å². The van der Waals surface area contributed by atoms with Crippen molar-refractivity contribution in [3.05, 3.63) is 28.2 Å². The number of hydrogen-bond donors (Lipinski definition) is 2. The number of rotatable bonds is 2. The van der Waals surface area contributed by atoms with Gasteiger partial charge in [-0.2, -0.15) is 0 Å². The second kappa shape index (κ2) is 5.85. The number of carbonyl (C=O) groups is 1. The van der Waals surface area contributed by atoms with E-state index < -0.39 is 0 Å². The van der Waals surface area contributed by atoms with Crippen molar-refractivity contribution in [2.75, 3.05) is 5.32 Å². The summed E-state index contributed by atoms with van der Waals surface area (Å²) in [6.07, 6.45) is 3.86. The zero-order valence-corrected chi connectivity index (χ0v) is 12.2. The van der Waals surface area contributed by atoms with Gasteiger partial charge in [0.1, 0.15) is 0 Å². The van der Waals surface area contributed by atoms with Gasteiger partial charge in [-0.3, -0.25) is 4.79 Å². The van der Waals surface area contributed by atoms with Crippen LogP contribution in [0, 0.1) is 12.8 Å². The zero-order valence-electron chi connectivity index (χ0n) is 10.6. The first kappa shape index (κ1) is 13.6. The first-order chi connectivity index (χ1) is 8.56. The van der Waals surface area contributed by atoms with Gasteiger partial charge in [-0.25, -0.2) is 0 Å². The van der Waals surface area contributed by atoms with Crippen LogP contribution in [0.2, 0.25) is 0 Å². The maximum Gasteiger partial charge on any atom is 0.227 e. The second-order valence-corrected chi connectivity index (χ2v) is 5.93. The fourth-order valence-corrected chi connectivity index (χ4v) is 2.68. The topological polar surface area (TPSA) is 55.1 Å². The van der Waals surface area contributed by atoms with Crippen molar-refractivity contribution in [1.82, 2.24) is 0 Å². The van der Waals surface area contributed by atoms with E-state index in [4.69, 9.17) is 5.73 Å². The Morgan fingerprint density at radius 2 is 2.22 bits per heavy atom. The molecule has 1 aliphatic rings. The standard InChI is InChI=1S/C14H19BrN2O/c1-9-7-12(5-6-13(9)15)17-14(18)10-3-2-4-11(16)8-10/h5-7,10-11H,2-4,8,16H2,1H3,(H,17,18). The molecule has 0 radical (unpaired) electrons. The average Bonchev–Trinajstić information content (AvgIpc) is 2.34. The molecular formula is C14H19BrN2O. The van der Waals surface area contributed by atoms with Crippen molar-refractivity contribution >= 4 is 27.5 Å². The highest BCUT2D eigenvalue weighted by molar-refractivity contribution is 9.10. The Labute approximate surface area is 116 Å². The van der Waals surface area contributed by atoms with Crippen molar-refractivity contribution in [1.29, 1.82) is 0 Å². The van der Waals surface area contributed by atoms with Crippen LogP contribution >= 0.6 is 15.9 Å². The van der Waals surface area contributed by atoms with E-state index in [9.17, 15) is 4.79 Å². The number of carbonyl (C=O) groups excluding carboxylic acids is 1. The van der Waals surface area contributed by atoms with E-state index in [0.29, 0.717) is 0 Å². The number of hydrogen-bond acceptors (Lipinski definition) is 2. The van der Waals surface area contributed by atoms with Crippen LogP contribution in [0.15, 0.2) is 22.7 Å². The summed E-state index contributed by atoms with van der Waals surface area (Å²) < 4.78 is 1.06. The highest BCUT2D eigenvalue weighted by atomic mass is 79.9. The molecule has 1 amide bonds. The number of benzene rings is 1. The van der Waals surface area contributed by atoms with E-state index in [2.05, 4.69) is 21.2 Å². The van der Waals surface area contributed by atoms with Crippen LogP contribution in [0.1, 0.15) is 31.2 Å². The van der Waals surface area contributed by atoms with Gasteiger partial charge in [0.05, 0.1) is 0 Å². The predicted molar refractivity (Wildman–Crippen MR) is 77.4 cm³/mol. The third-order valence-electron chi connectivity index (χ3n) is 3.51. The van der Waals surface area contributed by atoms with Crippen LogP contribution in [0.3, 0.4) is 0 Å². The molecule has 1 saturated carbocycles. The molecule has 98 valence electrons. The van der Waals surface area contributed by atoms with E-state index in [0.717, 1.165) is 41.4 Å². The Morgan fingerprint density at radius 3 is 2.89 bits per heavy atom. The van der Waals surface area contributed by atoms with Gasteiger partial charge in [0.2, 0.25) is 5.91 Å². The number of amides is 1. The minimum Gasteiger partial charge on any atom is -0.328 e. The highest BCUT2D eigenvalue weighted by Gasteiger charge is 2.25. The molecule has 0 bridgehead atoms. The van der Waals surface area contributed by atoms with E-state index in [-0.39, 0.29) is 17.9 Å². The minimum atomic E-state index is 0.0673. The summed E-state index contributed by atoms with van der Waals surface area (Å²) in [5.74, 6) is 0.171. The third-order valence-corrected chi connectivity index (χ3v) is 4.40. The fraction of sp³-hybridized carbons (Fsp3) is 0.500. The van der Waals surface area contributed by atoms with Gasteiger partial charge >= 0.3 is 0 Å². The van der Waals surface area contributed by atoms with Crippen molar-refractivity contribution in [2.24, 2.45) is 11.7 Å². The summed E-state index contributed by atoms with van der Waals surface area (Å²) in [5.41, 5.74) is 7.89. The van der Waals surface area contributed by atoms with Crippen LogP contribution in [-0.4, -0.2) is 11.9 Å². The van der Waals surface area contributed by atoms with Gasteiger partial charge in [-0.05, 0) is 49.9 Å². The van der Waals surface area contributed by atoms with Crippen molar-refractivity contribution in [3.63, 3.8) is 0 Å². The van der Waals surface area contributed by atoms with Crippen LogP contribution < -0.4 is 11.1 Å². The number of halogens is 1. The second-order valence-electron chi connectivity index (χ2n) is 5.08. The van der Waals surface area contributed by atoms with Gasteiger partial charge in [-0.15, -0.1) is 0 Å². The lowest BCUT2D eigenvalue weighted by molar-refractivity contribution is -0.120. The number of nitrogens with one attached hydrogen (secondary N) is 1. The molecule has 0 aromatic heterocycles. The first-order valence-electron chi connectivity index (χ1n) is 6.39. The Bertz CT molecular complexity index is 447. The van der Waals surface area contributed by atoms with Crippen LogP contribution in [0.4, 0.5) is 5.69 Å². The summed E-state index contributed by atoms with van der Waals surface area (Å²) in [7, 11) is 0. The Balaban J connectivity index is 2.00. The largest absolute Gasteiger partial charge is 0.328 e. The van der Waals surface area contributed by atoms with E-state index in [1.807, 2.05) is 25.1 Å². The molecule has 0 aliphatic heterocycles. The lowest BCUT2D eigenvalue weighted by Crippen LogP contribution is -2.34. The number of nitrogens with two attached hydrogens (primary N) is 1. The smallest absolute Gasteiger partial charge is 0.227 e. The lowest BCUT2D eigenvalue weighted by Gasteiger charge is -2.25. The molecule has 1 fully saturated rings. The molecule has 2 rings (SSSR count). The number of aryl methyl sites for hydroxylation is 1. The van der Waals surface area contributed by atoms with Crippen molar-refractivity contribution in [2.45, 2.75) is 38.6 Å². The minimum absolute atomic E-state index is 0.0673. The Morgan fingerprint density at radius 1 is 1.44 bits per heavy atom. The summed E-state index contributed by atoms with van der Waals surface area (Å²) in [5, 5.41) is 2.98. The molecule has 2 unspecified atom stereocenters. The molecule has 0 spiro atoms. The molecule has 18 heavy (non-hydrogen) atoms. The Kier molecular flexibility index (Phi) is 4.40. The molecule has 0 saturated heterocycles. The van der Waals surface area contributed by atoms with Gasteiger partial charge in [0.25, 0.3) is 0 Å². The molecule has 4 heteroatoms. The van der Waals surface area contributed by atoms with E-state index in [1.54, 1.807) is 0 Å². The normalized spacial score (nSPS) is 23.7.